The van der Waals surface area contributed by atoms with E-state index in [1.54, 1.807) is 13.8 Å². The average molecular weight is 224 g/mol. The molecule has 0 aliphatic heterocycles. The van der Waals surface area contributed by atoms with Crippen LogP contribution in [0, 0.1) is 0 Å². The fourth-order valence-electron chi connectivity index (χ4n) is 1.18. The van der Waals surface area contributed by atoms with Crippen LogP contribution in [-0.2, 0) is 10.2 Å². The molecule has 0 unspecified atom stereocenters. The predicted octanol–water partition coefficient (Wildman–Crippen LogP) is -0.915. The van der Waals surface area contributed by atoms with E-state index in [0.29, 0.717) is 12.8 Å². The molecular formula is C6H16N4O3S. The molecule has 0 heterocycles. The van der Waals surface area contributed by atoms with Gasteiger partial charge in [-0.1, -0.05) is 19.0 Å². The molecule has 0 fully saturated rings. The van der Waals surface area contributed by atoms with Crippen LogP contribution in [-0.4, -0.2) is 25.0 Å². The summed E-state index contributed by atoms with van der Waals surface area (Å²) in [5, 5.41) is 16.1. The zero-order valence-corrected chi connectivity index (χ0v) is 9.00. The monoisotopic (exact) mass is 224 g/mol. The number of nitrogens with one attached hydrogen (secondary N) is 1. The van der Waals surface area contributed by atoms with E-state index in [0.717, 1.165) is 0 Å². The molecule has 0 saturated heterocycles. The van der Waals surface area contributed by atoms with Gasteiger partial charge < -0.3 is 10.9 Å². The Balaban J connectivity index is 5.10. The molecule has 14 heavy (non-hydrogen) atoms. The lowest BCUT2D eigenvalue weighted by Gasteiger charge is -2.29. The maximum Gasteiger partial charge on any atom is 0.275 e. The van der Waals surface area contributed by atoms with Gasteiger partial charge in [-0.25, -0.2) is 5.14 Å². The average Bonchev–Trinajstić information content (AvgIpc) is 2.11. The van der Waals surface area contributed by atoms with Crippen molar-refractivity contribution in [3.63, 3.8) is 0 Å². The van der Waals surface area contributed by atoms with Gasteiger partial charge in [-0.2, -0.15) is 13.1 Å². The Morgan fingerprint density at radius 1 is 1.50 bits per heavy atom. The molecule has 0 atom stereocenters. The lowest BCUT2D eigenvalue weighted by molar-refractivity contribution is 0.307. The summed E-state index contributed by atoms with van der Waals surface area (Å²) in [6, 6.07) is 0. The van der Waals surface area contributed by atoms with Crippen molar-refractivity contribution in [3.05, 3.63) is 0 Å². The maximum absolute atomic E-state index is 10.9. The second-order valence-corrected chi connectivity index (χ2v) is 4.22. The fourth-order valence-corrected chi connectivity index (χ4v) is 2.11. The van der Waals surface area contributed by atoms with Gasteiger partial charge in [0.1, 0.15) is 0 Å². The lowest BCUT2D eigenvalue weighted by Crippen LogP contribution is -2.58. The zero-order chi connectivity index (χ0) is 11.4. The molecule has 0 aliphatic carbocycles. The zero-order valence-electron chi connectivity index (χ0n) is 8.19. The van der Waals surface area contributed by atoms with Gasteiger partial charge in [0, 0.05) is 0 Å². The molecular weight excluding hydrogens is 208 g/mol. The largest absolute Gasteiger partial charge is 0.409 e. The van der Waals surface area contributed by atoms with E-state index in [1.165, 1.54) is 0 Å². The van der Waals surface area contributed by atoms with Crippen LogP contribution in [0.4, 0.5) is 0 Å². The molecule has 6 N–H and O–H groups in total. The number of hydrogen-bond donors (Lipinski definition) is 4. The van der Waals surface area contributed by atoms with Gasteiger partial charge in [0.2, 0.25) is 0 Å². The van der Waals surface area contributed by atoms with E-state index in [-0.39, 0.29) is 5.84 Å². The van der Waals surface area contributed by atoms with Crippen LogP contribution in [0.3, 0.4) is 0 Å². The third kappa shape index (κ3) is 3.13. The van der Waals surface area contributed by atoms with Gasteiger partial charge in [-0.05, 0) is 12.8 Å². The van der Waals surface area contributed by atoms with Crippen LogP contribution in [0.2, 0.25) is 0 Å². The van der Waals surface area contributed by atoms with Crippen LogP contribution in [0.15, 0.2) is 5.16 Å². The van der Waals surface area contributed by atoms with E-state index in [9.17, 15) is 8.42 Å². The summed E-state index contributed by atoms with van der Waals surface area (Å²) >= 11 is 0. The Hall–Kier alpha value is -0.860. The lowest BCUT2D eigenvalue weighted by atomic mass is 9.93. The van der Waals surface area contributed by atoms with Gasteiger partial charge in [0.25, 0.3) is 10.2 Å². The smallest absolute Gasteiger partial charge is 0.275 e. The summed E-state index contributed by atoms with van der Waals surface area (Å²) in [5.41, 5.74) is 4.29. The summed E-state index contributed by atoms with van der Waals surface area (Å²) in [6.07, 6.45) is 0.686. The second-order valence-electron chi connectivity index (χ2n) is 2.92. The maximum atomic E-state index is 10.9. The first-order valence-electron chi connectivity index (χ1n) is 4.11. The molecule has 0 aromatic heterocycles. The Bertz CT molecular complexity index is 307. The first-order valence-corrected chi connectivity index (χ1v) is 5.65. The van der Waals surface area contributed by atoms with Crippen LogP contribution in [0.25, 0.3) is 0 Å². The number of rotatable bonds is 5. The third-order valence-electron chi connectivity index (χ3n) is 2.14. The molecule has 0 rings (SSSR count). The highest BCUT2D eigenvalue weighted by molar-refractivity contribution is 7.87. The topological polar surface area (TPSA) is 131 Å². The molecule has 0 aromatic rings. The van der Waals surface area contributed by atoms with Crippen molar-refractivity contribution in [2.24, 2.45) is 16.0 Å². The summed E-state index contributed by atoms with van der Waals surface area (Å²) < 4.78 is 23.9. The standard InChI is InChI=1S/C6H16N4O3S/c1-3-6(4-2,5(7)9-11)10-14(8,12)13/h10-11H,3-4H2,1-2H3,(H2,7,9)(H2,8,12,13). The number of amidine groups is 1. The first-order chi connectivity index (χ1) is 6.31. The summed E-state index contributed by atoms with van der Waals surface area (Å²) in [7, 11) is -3.88. The van der Waals surface area contributed by atoms with Crippen LogP contribution >= 0.6 is 0 Å². The molecule has 0 spiro atoms. The molecule has 8 heteroatoms. The predicted molar refractivity (Wildman–Crippen MR) is 53.0 cm³/mol. The molecule has 0 saturated carbocycles. The third-order valence-corrected chi connectivity index (χ3v) is 2.82. The SMILES string of the molecule is CCC(CC)(NS(N)(=O)=O)C(N)=NO. The normalized spacial score (nSPS) is 14.4. The summed E-state index contributed by atoms with van der Waals surface area (Å²) in [4.78, 5) is 0. The van der Waals surface area contributed by atoms with Crippen molar-refractivity contribution in [3.8, 4) is 0 Å². The van der Waals surface area contributed by atoms with Crippen molar-refractivity contribution in [1.82, 2.24) is 4.72 Å². The van der Waals surface area contributed by atoms with Crippen molar-refractivity contribution >= 4 is 16.0 Å². The molecule has 0 aliphatic rings. The Labute approximate surface area is 83.3 Å². The van der Waals surface area contributed by atoms with Crippen LogP contribution in [0.5, 0.6) is 0 Å². The number of nitrogens with zero attached hydrogens (tertiary/aromatic N) is 1. The van der Waals surface area contributed by atoms with E-state index in [4.69, 9.17) is 16.1 Å². The number of hydrogen-bond acceptors (Lipinski definition) is 4. The Morgan fingerprint density at radius 3 is 2.14 bits per heavy atom. The minimum atomic E-state index is -3.88. The molecule has 7 nitrogen and oxygen atoms in total. The van der Waals surface area contributed by atoms with Gasteiger partial charge in [0.15, 0.2) is 5.84 Å². The fraction of sp³-hybridized carbons (Fsp3) is 0.833. The van der Waals surface area contributed by atoms with Crippen molar-refractivity contribution in [1.29, 1.82) is 0 Å². The van der Waals surface area contributed by atoms with Crippen molar-refractivity contribution < 1.29 is 13.6 Å². The van der Waals surface area contributed by atoms with Crippen molar-refractivity contribution in [2.45, 2.75) is 32.2 Å². The molecule has 0 aromatic carbocycles. The van der Waals surface area contributed by atoms with Crippen molar-refractivity contribution in [2.75, 3.05) is 0 Å². The summed E-state index contributed by atoms with van der Waals surface area (Å²) in [6.45, 7) is 3.42. The van der Waals surface area contributed by atoms with Gasteiger partial charge >= 0.3 is 0 Å². The second kappa shape index (κ2) is 4.58. The van der Waals surface area contributed by atoms with Crippen LogP contribution in [0.1, 0.15) is 26.7 Å². The van der Waals surface area contributed by atoms with E-state index >= 15 is 0 Å². The first kappa shape index (κ1) is 13.1. The highest BCUT2D eigenvalue weighted by atomic mass is 32.2. The molecule has 0 bridgehead atoms. The highest BCUT2D eigenvalue weighted by Gasteiger charge is 2.34. The van der Waals surface area contributed by atoms with E-state index in [1.807, 2.05) is 0 Å². The minimum absolute atomic E-state index is 0.198. The quantitative estimate of drug-likeness (QED) is 0.208. The minimum Gasteiger partial charge on any atom is -0.409 e. The molecule has 84 valence electrons. The van der Waals surface area contributed by atoms with Crippen LogP contribution < -0.4 is 15.6 Å². The highest BCUT2D eigenvalue weighted by Crippen LogP contribution is 2.15. The van der Waals surface area contributed by atoms with Gasteiger partial charge in [-0.3, -0.25) is 0 Å². The molecule has 0 radical (unpaired) electrons. The van der Waals surface area contributed by atoms with E-state index < -0.39 is 15.7 Å². The number of nitrogens with two attached hydrogens (primary N) is 2. The Kier molecular flexibility index (Phi) is 4.30. The van der Waals surface area contributed by atoms with Gasteiger partial charge in [-0.15, -0.1) is 0 Å². The van der Waals surface area contributed by atoms with E-state index in [2.05, 4.69) is 9.88 Å². The summed E-state index contributed by atoms with van der Waals surface area (Å²) in [5.74, 6) is -0.198. The number of oxime groups is 1. The Morgan fingerprint density at radius 2 is 1.93 bits per heavy atom. The molecule has 0 amide bonds. The van der Waals surface area contributed by atoms with Gasteiger partial charge in [0.05, 0.1) is 5.54 Å².